The van der Waals surface area contributed by atoms with E-state index in [1.54, 1.807) is 10.8 Å². The summed E-state index contributed by atoms with van der Waals surface area (Å²) >= 11 is 9.19. The maximum atomic E-state index is 12.1. The predicted molar refractivity (Wildman–Crippen MR) is 81.1 cm³/mol. The van der Waals surface area contributed by atoms with Gasteiger partial charge in [0, 0.05) is 29.4 Å². The highest BCUT2D eigenvalue weighted by Gasteiger charge is 2.31. The number of aryl methyl sites for hydroxylation is 1. The Bertz CT molecular complexity index is 730. The molecule has 1 N–H and O–H groups in total. The van der Waals surface area contributed by atoms with Gasteiger partial charge in [0.2, 0.25) is 11.8 Å². The van der Waals surface area contributed by atoms with Crippen LogP contribution in [0.3, 0.4) is 0 Å². The number of carbonyl (C=O) groups excluding carboxylic acids is 2. The third kappa shape index (κ3) is 2.67. The first kappa shape index (κ1) is 14.5. The molecule has 8 heteroatoms. The summed E-state index contributed by atoms with van der Waals surface area (Å²) in [6.45, 7) is 0. The largest absolute Gasteiger partial charge is 0.300 e. The van der Waals surface area contributed by atoms with E-state index in [1.165, 1.54) is 0 Å². The van der Waals surface area contributed by atoms with Gasteiger partial charge in [-0.15, -0.1) is 11.6 Å². The zero-order valence-corrected chi connectivity index (χ0v) is 13.3. The summed E-state index contributed by atoms with van der Waals surface area (Å²) in [5.41, 5.74) is 1.34. The molecule has 0 aliphatic carbocycles. The van der Waals surface area contributed by atoms with E-state index in [9.17, 15) is 9.59 Å². The van der Waals surface area contributed by atoms with Gasteiger partial charge in [-0.1, -0.05) is 0 Å². The molecule has 1 unspecified atom stereocenters. The van der Waals surface area contributed by atoms with Crippen molar-refractivity contribution in [3.63, 3.8) is 0 Å². The Morgan fingerprint density at radius 1 is 1.48 bits per heavy atom. The van der Waals surface area contributed by atoms with Gasteiger partial charge in [0.05, 0.1) is 0 Å². The Kier molecular flexibility index (Phi) is 3.95. The number of piperidine rings is 1. The number of imide groups is 1. The summed E-state index contributed by atoms with van der Waals surface area (Å²) < 4.78 is 2.62. The summed E-state index contributed by atoms with van der Waals surface area (Å²) in [5, 5.41) is 2.37. The second kappa shape index (κ2) is 5.73. The molecule has 0 spiro atoms. The van der Waals surface area contributed by atoms with Crippen molar-refractivity contribution in [1.82, 2.24) is 19.9 Å². The van der Waals surface area contributed by atoms with Gasteiger partial charge in [0.15, 0.2) is 5.65 Å². The lowest BCUT2D eigenvalue weighted by atomic mass is 10.1. The smallest absolute Gasteiger partial charge is 0.249 e. The number of carbonyl (C=O) groups is 2. The van der Waals surface area contributed by atoms with Gasteiger partial charge in [-0.25, -0.2) is 9.97 Å². The average molecular weight is 372 g/mol. The maximum Gasteiger partial charge on any atom is 0.249 e. The first-order valence-electron chi connectivity index (χ1n) is 6.52. The van der Waals surface area contributed by atoms with Crippen LogP contribution in [0.25, 0.3) is 11.2 Å². The first-order chi connectivity index (χ1) is 10.1. The molecule has 0 bridgehead atoms. The lowest BCUT2D eigenvalue weighted by Crippen LogP contribution is -2.42. The van der Waals surface area contributed by atoms with Crippen LogP contribution in [-0.4, -0.2) is 32.2 Å². The van der Waals surface area contributed by atoms with E-state index in [0.717, 1.165) is 4.47 Å². The van der Waals surface area contributed by atoms with Crippen molar-refractivity contribution in [1.29, 1.82) is 0 Å². The highest BCUT2D eigenvalue weighted by atomic mass is 79.9. The Labute approximate surface area is 134 Å². The molecule has 1 fully saturated rings. The van der Waals surface area contributed by atoms with Crippen LogP contribution in [0.5, 0.6) is 0 Å². The number of amides is 2. The number of fused-ring (bicyclic) bond motifs is 1. The van der Waals surface area contributed by atoms with Crippen molar-refractivity contribution in [2.45, 2.75) is 25.3 Å². The number of alkyl halides is 1. The van der Waals surface area contributed by atoms with E-state index < -0.39 is 6.04 Å². The Balaban J connectivity index is 2.12. The molecule has 110 valence electrons. The fraction of sp³-hybridized carbons (Fsp3) is 0.385. The molecular weight excluding hydrogens is 360 g/mol. The molecule has 0 radical (unpaired) electrons. The van der Waals surface area contributed by atoms with Gasteiger partial charge < -0.3 is 0 Å². The summed E-state index contributed by atoms with van der Waals surface area (Å²) in [6, 6.07) is 1.38. The zero-order valence-electron chi connectivity index (χ0n) is 11.0. The van der Waals surface area contributed by atoms with Crippen LogP contribution >= 0.6 is 27.5 Å². The van der Waals surface area contributed by atoms with Crippen LogP contribution in [0, 0.1) is 0 Å². The van der Waals surface area contributed by atoms with E-state index in [-0.39, 0.29) is 11.8 Å². The SMILES string of the molecule is O=C1CCC(n2c(CCCl)nc3cc(Br)cnc32)C(=O)N1. The number of hydrogen-bond acceptors (Lipinski definition) is 4. The molecule has 6 nitrogen and oxygen atoms in total. The summed E-state index contributed by atoms with van der Waals surface area (Å²) in [6.07, 6.45) is 2.96. The van der Waals surface area contributed by atoms with Crippen LogP contribution in [0.1, 0.15) is 24.7 Å². The molecule has 0 saturated carbocycles. The topological polar surface area (TPSA) is 76.9 Å². The van der Waals surface area contributed by atoms with Crippen molar-refractivity contribution >= 4 is 50.5 Å². The predicted octanol–water partition coefficient (Wildman–Crippen LogP) is 1.95. The Morgan fingerprint density at radius 2 is 2.29 bits per heavy atom. The van der Waals surface area contributed by atoms with Crippen LogP contribution in [0.4, 0.5) is 0 Å². The van der Waals surface area contributed by atoms with E-state index in [4.69, 9.17) is 11.6 Å². The fourth-order valence-electron chi connectivity index (χ4n) is 2.52. The number of halogens is 2. The molecule has 1 aliphatic rings. The molecule has 2 amide bonds. The number of hydrogen-bond donors (Lipinski definition) is 1. The van der Waals surface area contributed by atoms with Crippen LogP contribution in [0.15, 0.2) is 16.7 Å². The zero-order chi connectivity index (χ0) is 15.0. The van der Waals surface area contributed by atoms with Gasteiger partial charge in [0.1, 0.15) is 17.4 Å². The first-order valence-corrected chi connectivity index (χ1v) is 7.85. The molecule has 3 rings (SSSR count). The second-order valence-electron chi connectivity index (χ2n) is 4.80. The number of nitrogens with one attached hydrogen (secondary N) is 1. The van der Waals surface area contributed by atoms with E-state index >= 15 is 0 Å². The van der Waals surface area contributed by atoms with Crippen molar-refractivity contribution in [3.8, 4) is 0 Å². The van der Waals surface area contributed by atoms with Crippen molar-refractivity contribution in [2.75, 3.05) is 5.88 Å². The minimum atomic E-state index is -0.473. The minimum absolute atomic E-state index is 0.240. The Hall–Kier alpha value is -1.47. The van der Waals surface area contributed by atoms with Crippen molar-refractivity contribution in [3.05, 3.63) is 22.6 Å². The van der Waals surface area contributed by atoms with Crippen molar-refractivity contribution in [2.24, 2.45) is 0 Å². The second-order valence-corrected chi connectivity index (χ2v) is 6.09. The fourth-order valence-corrected chi connectivity index (χ4v) is 3.01. The molecule has 21 heavy (non-hydrogen) atoms. The van der Waals surface area contributed by atoms with Gasteiger partial charge >= 0.3 is 0 Å². The molecule has 1 atom stereocenters. The van der Waals surface area contributed by atoms with Crippen molar-refractivity contribution < 1.29 is 9.59 Å². The number of imidazole rings is 1. The normalized spacial score (nSPS) is 19.0. The third-order valence-electron chi connectivity index (χ3n) is 3.41. The Morgan fingerprint density at radius 3 is 3.00 bits per heavy atom. The molecule has 0 aromatic carbocycles. The van der Waals surface area contributed by atoms with Gasteiger partial charge in [0.25, 0.3) is 0 Å². The highest BCUT2D eigenvalue weighted by Crippen LogP contribution is 2.27. The third-order valence-corrected chi connectivity index (χ3v) is 4.03. The minimum Gasteiger partial charge on any atom is -0.300 e. The van der Waals surface area contributed by atoms with Crippen LogP contribution in [0.2, 0.25) is 0 Å². The van der Waals surface area contributed by atoms with Gasteiger partial charge in [-0.2, -0.15) is 0 Å². The highest BCUT2D eigenvalue weighted by molar-refractivity contribution is 9.10. The summed E-state index contributed by atoms with van der Waals surface area (Å²) in [7, 11) is 0. The maximum absolute atomic E-state index is 12.1. The van der Waals surface area contributed by atoms with Gasteiger partial charge in [-0.05, 0) is 28.4 Å². The lowest BCUT2D eigenvalue weighted by Gasteiger charge is -2.23. The number of aromatic nitrogens is 3. The van der Waals surface area contributed by atoms with E-state index in [2.05, 4.69) is 31.2 Å². The van der Waals surface area contributed by atoms with Crippen LogP contribution < -0.4 is 5.32 Å². The summed E-state index contributed by atoms with van der Waals surface area (Å²) in [4.78, 5) is 32.3. The molecule has 1 saturated heterocycles. The number of nitrogens with zero attached hydrogens (tertiary/aromatic N) is 3. The molecular formula is C13H12BrClN4O2. The average Bonchev–Trinajstić information content (AvgIpc) is 2.76. The quantitative estimate of drug-likeness (QED) is 0.661. The molecule has 2 aromatic rings. The molecule has 1 aliphatic heterocycles. The van der Waals surface area contributed by atoms with Gasteiger partial charge in [-0.3, -0.25) is 19.5 Å². The summed E-state index contributed by atoms with van der Waals surface area (Å²) in [5.74, 6) is 0.555. The van der Waals surface area contributed by atoms with Crippen LogP contribution in [-0.2, 0) is 16.0 Å². The molecule has 2 aromatic heterocycles. The number of pyridine rings is 1. The molecule has 3 heterocycles. The number of rotatable bonds is 3. The standard InChI is InChI=1S/C13H12BrClN4O2/c14-7-5-8-12(16-6-7)19(10(17-8)3-4-15)9-1-2-11(20)18-13(9)21/h5-6,9H,1-4H2,(H,18,20,21). The lowest BCUT2D eigenvalue weighted by molar-refractivity contribution is -0.135. The monoisotopic (exact) mass is 370 g/mol. The van der Waals surface area contributed by atoms with E-state index in [1.807, 2.05) is 6.07 Å². The van der Waals surface area contributed by atoms with E-state index in [0.29, 0.717) is 42.1 Å².